The van der Waals surface area contributed by atoms with E-state index in [1.807, 2.05) is 6.92 Å². The van der Waals surface area contributed by atoms with Gasteiger partial charge in [-0.2, -0.15) is 17.9 Å². The molecule has 0 aliphatic heterocycles. The molecule has 24 heavy (non-hydrogen) atoms. The van der Waals surface area contributed by atoms with Crippen LogP contribution in [0.5, 0.6) is 5.88 Å². The van der Waals surface area contributed by atoms with Gasteiger partial charge in [0.15, 0.2) is 5.65 Å². The smallest absolute Gasteiger partial charge is 0.299 e. The first-order chi connectivity index (χ1) is 11.3. The molecule has 0 fully saturated rings. The lowest BCUT2D eigenvalue weighted by atomic mass is 10.3. The van der Waals surface area contributed by atoms with Crippen molar-refractivity contribution in [2.75, 3.05) is 11.8 Å². The number of nitrogens with zero attached hydrogens (tertiary/aromatic N) is 3. The minimum absolute atomic E-state index is 0.0721. The van der Waals surface area contributed by atoms with Crippen LogP contribution in [-0.2, 0) is 10.0 Å². The summed E-state index contributed by atoms with van der Waals surface area (Å²) < 4.78 is 33.9. The Balaban J connectivity index is 2.09. The lowest BCUT2D eigenvalue weighted by molar-refractivity contribution is 0.384. The number of aromatic nitrogens is 3. The fraction of sp³-hybridized carbons (Fsp3) is 0.143. The van der Waals surface area contributed by atoms with Crippen LogP contribution in [0.15, 0.2) is 35.5 Å². The molecule has 0 saturated carbocycles. The summed E-state index contributed by atoms with van der Waals surface area (Å²) in [5, 5.41) is 3.92. The molecule has 1 aromatic carbocycles. The van der Waals surface area contributed by atoms with E-state index in [4.69, 9.17) is 27.9 Å². The lowest BCUT2D eigenvalue weighted by Crippen LogP contribution is -2.15. The van der Waals surface area contributed by atoms with Gasteiger partial charge in [-0.15, -0.1) is 5.10 Å². The number of nitrogens with one attached hydrogen (secondary N) is 1. The maximum Gasteiger partial charge on any atom is 0.299 e. The van der Waals surface area contributed by atoms with Gasteiger partial charge in [0, 0.05) is 6.07 Å². The van der Waals surface area contributed by atoms with E-state index < -0.39 is 15.2 Å². The molecule has 10 heteroatoms. The first-order valence-electron chi connectivity index (χ1n) is 6.70. The largest absolute Gasteiger partial charge is 0.481 e. The lowest BCUT2D eigenvalue weighted by Gasteiger charge is -2.08. The summed E-state index contributed by atoms with van der Waals surface area (Å²) in [5.74, 6) is 0.370. The van der Waals surface area contributed by atoms with Crippen molar-refractivity contribution in [3.05, 3.63) is 45.9 Å². The van der Waals surface area contributed by atoms with Gasteiger partial charge in [0.05, 0.1) is 22.8 Å². The van der Waals surface area contributed by atoms with Crippen LogP contribution in [0.1, 0.15) is 5.56 Å². The van der Waals surface area contributed by atoms with Crippen LogP contribution >= 0.6 is 23.2 Å². The molecule has 3 aromatic rings. The van der Waals surface area contributed by atoms with E-state index in [9.17, 15) is 8.42 Å². The minimum Gasteiger partial charge on any atom is -0.481 e. The van der Waals surface area contributed by atoms with Crippen LogP contribution in [0.3, 0.4) is 0 Å². The zero-order valence-electron chi connectivity index (χ0n) is 12.6. The topological polar surface area (TPSA) is 85.6 Å². The number of fused-ring (bicyclic) bond motifs is 1. The Bertz CT molecular complexity index is 1010. The third-order valence-corrected chi connectivity index (χ3v) is 4.93. The predicted octanol–water partition coefficient (Wildman–Crippen LogP) is 3.15. The quantitative estimate of drug-likeness (QED) is 0.743. The van der Waals surface area contributed by atoms with Crippen LogP contribution in [0, 0.1) is 6.92 Å². The Morgan fingerprint density at radius 1 is 1.21 bits per heavy atom. The Morgan fingerprint density at radius 3 is 2.50 bits per heavy atom. The summed E-state index contributed by atoms with van der Waals surface area (Å²) in [4.78, 5) is 4.04. The van der Waals surface area contributed by atoms with Gasteiger partial charge in [0.25, 0.3) is 15.2 Å². The summed E-state index contributed by atoms with van der Waals surface area (Å²) in [6.45, 7) is 1.84. The van der Waals surface area contributed by atoms with Crippen LogP contribution in [0.25, 0.3) is 5.65 Å². The molecule has 2 aromatic heterocycles. The molecule has 7 nitrogen and oxygen atoms in total. The molecule has 126 valence electrons. The molecule has 0 unspecified atom stereocenters. The third kappa shape index (κ3) is 3.00. The van der Waals surface area contributed by atoms with Crippen molar-refractivity contribution in [2.45, 2.75) is 12.1 Å². The number of hydrogen-bond acceptors (Lipinski definition) is 5. The van der Waals surface area contributed by atoms with Crippen molar-refractivity contribution < 1.29 is 13.2 Å². The van der Waals surface area contributed by atoms with Crippen molar-refractivity contribution in [3.8, 4) is 5.88 Å². The maximum absolute atomic E-state index is 12.6. The molecule has 0 radical (unpaired) electrons. The molecule has 0 bridgehead atoms. The van der Waals surface area contributed by atoms with Crippen LogP contribution in [0.2, 0.25) is 10.0 Å². The van der Waals surface area contributed by atoms with Gasteiger partial charge in [-0.05, 0) is 30.7 Å². The summed E-state index contributed by atoms with van der Waals surface area (Å²) in [7, 11) is -2.61. The molecular weight excluding hydrogens is 375 g/mol. The number of halogens is 2. The molecule has 0 atom stereocenters. The highest BCUT2D eigenvalue weighted by molar-refractivity contribution is 7.92. The molecule has 0 aliphatic carbocycles. The van der Waals surface area contributed by atoms with Crippen LogP contribution < -0.4 is 9.46 Å². The normalized spacial score (nSPS) is 11.7. The highest BCUT2D eigenvalue weighted by atomic mass is 35.5. The first-order valence-corrected chi connectivity index (χ1v) is 8.94. The number of para-hydroxylation sites is 1. The van der Waals surface area contributed by atoms with Gasteiger partial charge < -0.3 is 4.74 Å². The zero-order chi connectivity index (χ0) is 17.5. The molecule has 2 heterocycles. The highest BCUT2D eigenvalue weighted by Crippen LogP contribution is 2.31. The van der Waals surface area contributed by atoms with Gasteiger partial charge >= 0.3 is 0 Å². The SMILES string of the molecule is COc1cc(C)cc2nc(S(=O)(=O)Nc3c(Cl)cccc3Cl)nn12. The van der Waals surface area contributed by atoms with Gasteiger partial charge in [-0.1, -0.05) is 29.3 Å². The number of ether oxygens (including phenoxy) is 1. The van der Waals surface area contributed by atoms with Crippen molar-refractivity contribution in [2.24, 2.45) is 0 Å². The average Bonchev–Trinajstić information content (AvgIpc) is 2.95. The number of benzene rings is 1. The Morgan fingerprint density at radius 2 is 1.88 bits per heavy atom. The fourth-order valence-electron chi connectivity index (χ4n) is 2.10. The molecule has 0 spiro atoms. The van der Waals surface area contributed by atoms with Crippen molar-refractivity contribution in [3.63, 3.8) is 0 Å². The third-order valence-electron chi connectivity index (χ3n) is 3.18. The summed E-state index contributed by atoms with van der Waals surface area (Å²) >= 11 is 12.0. The van der Waals surface area contributed by atoms with Crippen molar-refractivity contribution >= 4 is 44.6 Å². The second-order valence-electron chi connectivity index (χ2n) is 4.94. The van der Waals surface area contributed by atoms with Gasteiger partial charge in [-0.25, -0.2) is 0 Å². The molecule has 1 N–H and O–H groups in total. The molecule has 0 saturated heterocycles. The van der Waals surface area contributed by atoms with Gasteiger partial charge in [0.2, 0.25) is 5.88 Å². The molecular formula is C14H12Cl2N4O3S. The number of sulfonamides is 1. The first kappa shape index (κ1) is 16.8. The number of rotatable bonds is 4. The predicted molar refractivity (Wildman–Crippen MR) is 91.5 cm³/mol. The summed E-state index contributed by atoms with van der Waals surface area (Å²) in [6, 6.07) is 8.07. The second kappa shape index (κ2) is 6.12. The van der Waals surface area contributed by atoms with E-state index in [1.54, 1.807) is 18.2 Å². The van der Waals surface area contributed by atoms with E-state index in [2.05, 4.69) is 14.8 Å². The average molecular weight is 387 g/mol. The second-order valence-corrected chi connectivity index (χ2v) is 7.33. The van der Waals surface area contributed by atoms with E-state index in [0.717, 1.165) is 5.56 Å². The number of anilines is 1. The van der Waals surface area contributed by atoms with E-state index in [-0.39, 0.29) is 15.7 Å². The standard InChI is InChI=1S/C14H12Cl2N4O3S/c1-8-6-11-17-14(18-20(11)12(7-8)23-2)24(21,22)19-13-9(15)4-3-5-10(13)16/h3-7,19H,1-2H3. The maximum atomic E-state index is 12.6. The number of methoxy groups -OCH3 is 1. The highest BCUT2D eigenvalue weighted by Gasteiger charge is 2.24. The van der Waals surface area contributed by atoms with E-state index in [1.165, 1.54) is 23.8 Å². The van der Waals surface area contributed by atoms with Crippen LogP contribution in [-0.4, -0.2) is 30.1 Å². The van der Waals surface area contributed by atoms with Crippen molar-refractivity contribution in [1.82, 2.24) is 14.6 Å². The fourth-order valence-corrected chi connectivity index (χ4v) is 3.68. The number of pyridine rings is 1. The Labute approximate surface area is 148 Å². The monoisotopic (exact) mass is 386 g/mol. The molecule has 3 rings (SSSR count). The minimum atomic E-state index is -4.08. The van der Waals surface area contributed by atoms with Crippen LogP contribution in [0.4, 0.5) is 5.69 Å². The molecule has 0 aliphatic rings. The number of hydrogen-bond donors (Lipinski definition) is 1. The Kier molecular flexibility index (Phi) is 4.29. The van der Waals surface area contributed by atoms with E-state index in [0.29, 0.717) is 11.5 Å². The molecule has 0 amide bonds. The Hall–Kier alpha value is -2.03. The van der Waals surface area contributed by atoms with Gasteiger partial charge in [-0.3, -0.25) is 4.72 Å². The summed E-state index contributed by atoms with van der Waals surface area (Å²) in [5.41, 5.74) is 1.28. The zero-order valence-corrected chi connectivity index (χ0v) is 14.9. The summed E-state index contributed by atoms with van der Waals surface area (Å²) in [6.07, 6.45) is 0. The van der Waals surface area contributed by atoms with Gasteiger partial charge in [0.1, 0.15) is 0 Å². The van der Waals surface area contributed by atoms with E-state index >= 15 is 0 Å². The van der Waals surface area contributed by atoms with Crippen molar-refractivity contribution in [1.29, 1.82) is 0 Å². The number of aryl methyl sites for hydroxylation is 1.